The zero-order chi connectivity index (χ0) is 14.6. The van der Waals surface area contributed by atoms with Crippen molar-refractivity contribution in [3.63, 3.8) is 0 Å². The Labute approximate surface area is 127 Å². The van der Waals surface area contributed by atoms with Crippen molar-refractivity contribution in [1.82, 2.24) is 0 Å². The molecule has 0 aliphatic heterocycles. The summed E-state index contributed by atoms with van der Waals surface area (Å²) in [7, 11) is 0. The van der Waals surface area contributed by atoms with Crippen LogP contribution in [0.1, 0.15) is 30.9 Å². The molecule has 1 N–H and O–H groups in total. The van der Waals surface area contributed by atoms with Crippen LogP contribution in [0, 0.1) is 5.82 Å². The quantitative estimate of drug-likeness (QED) is 0.829. The molecule has 0 saturated carbocycles. The van der Waals surface area contributed by atoms with Gasteiger partial charge in [-0.15, -0.1) is 0 Å². The molecule has 0 saturated heterocycles. The van der Waals surface area contributed by atoms with E-state index in [4.69, 9.17) is 0 Å². The van der Waals surface area contributed by atoms with Gasteiger partial charge in [0.25, 0.3) is 0 Å². The van der Waals surface area contributed by atoms with Crippen LogP contribution in [0.4, 0.5) is 4.39 Å². The highest BCUT2D eigenvalue weighted by Gasteiger charge is 2.29. The first kappa shape index (κ1) is 15.2. The van der Waals surface area contributed by atoms with Crippen molar-refractivity contribution in [3.8, 4) is 0 Å². The normalized spacial score (nSPS) is 14.0. The van der Waals surface area contributed by atoms with Gasteiger partial charge in [0, 0.05) is 10.9 Å². The lowest BCUT2D eigenvalue weighted by Crippen LogP contribution is -2.28. The third kappa shape index (κ3) is 3.47. The summed E-state index contributed by atoms with van der Waals surface area (Å²) in [6.07, 6.45) is 1.89. The molecule has 0 bridgehead atoms. The molecule has 3 heteroatoms. The minimum Gasteiger partial charge on any atom is -0.385 e. The van der Waals surface area contributed by atoms with E-state index in [9.17, 15) is 9.50 Å². The molecule has 1 atom stereocenters. The molecule has 0 radical (unpaired) electrons. The number of hydrogen-bond donors (Lipinski definition) is 1. The molecule has 0 aliphatic rings. The van der Waals surface area contributed by atoms with Crippen LogP contribution in [0.15, 0.2) is 53.0 Å². The molecule has 0 aliphatic carbocycles. The highest BCUT2D eigenvalue weighted by Crippen LogP contribution is 2.33. The smallest absolute Gasteiger partial charge is 0.123 e. The van der Waals surface area contributed by atoms with E-state index >= 15 is 0 Å². The third-order valence-electron chi connectivity index (χ3n) is 3.47. The molecule has 0 spiro atoms. The van der Waals surface area contributed by atoms with Gasteiger partial charge in [-0.3, -0.25) is 0 Å². The first-order valence-corrected chi connectivity index (χ1v) is 7.56. The third-order valence-corrected chi connectivity index (χ3v) is 4.24. The fraction of sp³-hybridized carbons (Fsp3) is 0.294. The molecular formula is C17H18BrFO. The summed E-state index contributed by atoms with van der Waals surface area (Å²) >= 11 is 3.43. The van der Waals surface area contributed by atoms with Crippen molar-refractivity contribution in [1.29, 1.82) is 0 Å². The number of rotatable bonds is 5. The van der Waals surface area contributed by atoms with Gasteiger partial charge in [-0.2, -0.15) is 0 Å². The van der Waals surface area contributed by atoms with E-state index in [0.717, 1.165) is 22.0 Å². The lowest BCUT2D eigenvalue weighted by Gasteiger charge is -2.29. The van der Waals surface area contributed by atoms with Gasteiger partial charge in [-0.25, -0.2) is 4.39 Å². The Morgan fingerprint density at radius 2 is 1.85 bits per heavy atom. The summed E-state index contributed by atoms with van der Waals surface area (Å²) in [5.41, 5.74) is 0.689. The molecule has 1 unspecified atom stereocenters. The van der Waals surface area contributed by atoms with Gasteiger partial charge in [0.2, 0.25) is 0 Å². The van der Waals surface area contributed by atoms with E-state index in [-0.39, 0.29) is 5.82 Å². The van der Waals surface area contributed by atoms with E-state index in [2.05, 4.69) is 15.9 Å². The summed E-state index contributed by atoms with van der Waals surface area (Å²) in [6.45, 7) is 2.04. The minimum atomic E-state index is -0.966. The Morgan fingerprint density at radius 3 is 2.50 bits per heavy atom. The van der Waals surface area contributed by atoms with Gasteiger partial charge >= 0.3 is 0 Å². The molecule has 106 valence electrons. The van der Waals surface area contributed by atoms with Crippen molar-refractivity contribution >= 4 is 15.9 Å². The maximum atomic E-state index is 13.4. The topological polar surface area (TPSA) is 20.2 Å². The van der Waals surface area contributed by atoms with E-state index in [1.54, 1.807) is 6.07 Å². The lowest BCUT2D eigenvalue weighted by atomic mass is 9.84. The average Bonchev–Trinajstić information content (AvgIpc) is 2.44. The SMILES string of the molecule is CCCC(O)(Cc1cc(F)ccc1Br)c1ccccc1. The first-order chi connectivity index (χ1) is 9.55. The Hall–Kier alpha value is -1.19. The van der Waals surface area contributed by atoms with E-state index in [1.165, 1.54) is 12.1 Å². The van der Waals surface area contributed by atoms with Crippen molar-refractivity contribution in [2.75, 3.05) is 0 Å². The molecule has 1 nitrogen and oxygen atoms in total. The molecular weight excluding hydrogens is 319 g/mol. The summed E-state index contributed by atoms with van der Waals surface area (Å²) in [5, 5.41) is 11.0. The number of hydrogen-bond acceptors (Lipinski definition) is 1. The van der Waals surface area contributed by atoms with Gasteiger partial charge in [-0.05, 0) is 35.7 Å². The molecule has 2 aromatic carbocycles. The van der Waals surface area contributed by atoms with Crippen LogP contribution in [0.3, 0.4) is 0 Å². The van der Waals surface area contributed by atoms with E-state index in [0.29, 0.717) is 12.8 Å². The second-order valence-electron chi connectivity index (χ2n) is 5.06. The maximum absolute atomic E-state index is 13.4. The van der Waals surface area contributed by atoms with Crippen LogP contribution in [-0.2, 0) is 12.0 Å². The average molecular weight is 337 g/mol. The summed E-state index contributed by atoms with van der Waals surface area (Å²) < 4.78 is 14.2. The van der Waals surface area contributed by atoms with Crippen molar-refractivity contribution in [2.24, 2.45) is 0 Å². The summed E-state index contributed by atoms with van der Waals surface area (Å²) in [6, 6.07) is 14.2. The van der Waals surface area contributed by atoms with Crippen molar-refractivity contribution in [3.05, 3.63) is 69.9 Å². The van der Waals surface area contributed by atoms with Gasteiger partial charge in [0.05, 0.1) is 5.60 Å². The van der Waals surface area contributed by atoms with Crippen LogP contribution in [0.25, 0.3) is 0 Å². The number of aliphatic hydroxyl groups is 1. The Kier molecular flexibility index (Phi) is 4.95. The van der Waals surface area contributed by atoms with Gasteiger partial charge in [0.1, 0.15) is 5.82 Å². The van der Waals surface area contributed by atoms with Crippen LogP contribution in [-0.4, -0.2) is 5.11 Å². The highest BCUT2D eigenvalue weighted by molar-refractivity contribution is 9.10. The van der Waals surface area contributed by atoms with Gasteiger partial charge < -0.3 is 5.11 Å². The van der Waals surface area contributed by atoms with Crippen LogP contribution in [0.2, 0.25) is 0 Å². The summed E-state index contributed by atoms with van der Waals surface area (Å²) in [5.74, 6) is -0.282. The maximum Gasteiger partial charge on any atom is 0.123 e. The molecule has 0 fully saturated rings. The molecule has 0 amide bonds. The fourth-order valence-electron chi connectivity index (χ4n) is 2.49. The zero-order valence-corrected chi connectivity index (χ0v) is 13.0. The Balaban J connectivity index is 2.36. The van der Waals surface area contributed by atoms with Crippen LogP contribution >= 0.6 is 15.9 Å². The predicted molar refractivity (Wildman–Crippen MR) is 83.1 cm³/mol. The minimum absolute atomic E-state index is 0.282. The predicted octanol–water partition coefficient (Wildman–Crippen LogP) is 4.82. The molecule has 0 aromatic heterocycles. The summed E-state index contributed by atoms with van der Waals surface area (Å²) in [4.78, 5) is 0. The van der Waals surface area contributed by atoms with Gasteiger partial charge in [-0.1, -0.05) is 59.6 Å². The van der Waals surface area contributed by atoms with Crippen molar-refractivity contribution < 1.29 is 9.50 Å². The Bertz CT molecular complexity index is 570. The molecule has 2 aromatic rings. The van der Waals surface area contributed by atoms with Crippen LogP contribution in [0.5, 0.6) is 0 Å². The number of benzene rings is 2. The molecule has 0 heterocycles. The highest BCUT2D eigenvalue weighted by atomic mass is 79.9. The second kappa shape index (κ2) is 6.51. The first-order valence-electron chi connectivity index (χ1n) is 6.77. The largest absolute Gasteiger partial charge is 0.385 e. The van der Waals surface area contributed by atoms with E-state index < -0.39 is 5.60 Å². The zero-order valence-electron chi connectivity index (χ0n) is 11.4. The van der Waals surface area contributed by atoms with E-state index in [1.807, 2.05) is 37.3 Å². The lowest BCUT2D eigenvalue weighted by molar-refractivity contribution is 0.0267. The van der Waals surface area contributed by atoms with Crippen molar-refractivity contribution in [2.45, 2.75) is 31.8 Å². The molecule has 2 rings (SSSR count). The fourth-order valence-corrected chi connectivity index (χ4v) is 2.88. The monoisotopic (exact) mass is 336 g/mol. The van der Waals surface area contributed by atoms with Crippen LogP contribution < -0.4 is 0 Å². The van der Waals surface area contributed by atoms with Gasteiger partial charge in [0.15, 0.2) is 0 Å². The molecule has 20 heavy (non-hydrogen) atoms. The standard InChI is InChI=1S/C17H18BrFO/c1-2-10-17(20,14-6-4-3-5-7-14)12-13-11-15(19)8-9-16(13)18/h3-9,11,20H,2,10,12H2,1H3. The second-order valence-corrected chi connectivity index (χ2v) is 5.91. The Morgan fingerprint density at radius 1 is 1.15 bits per heavy atom. The number of halogens is 2.